The Bertz CT molecular complexity index is 1330. The van der Waals surface area contributed by atoms with E-state index in [9.17, 15) is 34.2 Å². The van der Waals surface area contributed by atoms with Crippen molar-refractivity contribution in [3.05, 3.63) is 48.6 Å². The summed E-state index contributed by atoms with van der Waals surface area (Å²) in [6.45, 7) is 9.62. The van der Waals surface area contributed by atoms with Crippen LogP contribution >= 0.6 is 0 Å². The molecule has 0 saturated heterocycles. The fourth-order valence-corrected chi connectivity index (χ4v) is 3.85. The molecule has 0 saturated carbocycles. The first-order valence-corrected chi connectivity index (χ1v) is 16.7. The number of phenols is 2. The number of benzene rings is 2. The van der Waals surface area contributed by atoms with Gasteiger partial charge in [0.2, 0.25) is 0 Å². The van der Waals surface area contributed by atoms with Crippen LogP contribution in [0.1, 0.15) is 59.3 Å². The van der Waals surface area contributed by atoms with Crippen LogP contribution in [0.2, 0.25) is 0 Å². The lowest BCUT2D eigenvalue weighted by molar-refractivity contribution is -0.143. The summed E-state index contributed by atoms with van der Waals surface area (Å²) in [6, 6.07) is 7.70. The molecule has 2 rings (SSSR count). The van der Waals surface area contributed by atoms with Crippen LogP contribution in [-0.4, -0.2) is 87.7 Å². The van der Waals surface area contributed by atoms with Gasteiger partial charge in [0, 0.05) is 33.8 Å². The number of carbonyl (C=O) groups is 5. The molecule has 0 unspecified atom stereocenters. The van der Waals surface area contributed by atoms with Gasteiger partial charge >= 0.3 is 30.1 Å². The largest absolute Gasteiger partial charge is 0.506 e. The molecule has 2 aromatic rings. The number of amides is 8. The molecular formula is C35H56N8O8. The maximum Gasteiger partial charge on any atom is 0.333 e. The maximum atomic E-state index is 11.4. The molecule has 0 fully saturated rings. The van der Waals surface area contributed by atoms with Crippen molar-refractivity contribution < 1.29 is 38.9 Å². The van der Waals surface area contributed by atoms with Crippen molar-refractivity contribution in [3.63, 3.8) is 0 Å². The standard InChI is InChI=1S/C16H18N4O4.C11H20N4O4.C8H18/c1-17-15(23)19-11-5-3-9(7-13(11)21)10-4-6-12(14(22)8-10)20-16(24)18-2;1-7(2)9(16)19-8(5-14-10(17)12-3)6-15-11(18)13-4;1-3-5-7-8-6-4-2/h3-8,21-22H,1-2H3,(H2,17,19,23)(H2,18,20,24);8H,1,5-6H2,2-4H3,(H2,12,14,17)(H2,13,15,18);3-8H2,1-2H3. The lowest BCUT2D eigenvalue weighted by atomic mass is 10.0. The zero-order valence-electron chi connectivity index (χ0n) is 30.7. The molecule has 0 spiro atoms. The molecule has 2 aromatic carbocycles. The molecule has 0 aliphatic heterocycles. The predicted molar refractivity (Wildman–Crippen MR) is 200 cm³/mol. The highest BCUT2D eigenvalue weighted by atomic mass is 16.5. The molecular weight excluding hydrogens is 660 g/mol. The smallest absolute Gasteiger partial charge is 0.333 e. The number of ether oxygens (including phenoxy) is 1. The second-order valence-corrected chi connectivity index (χ2v) is 11.0. The highest BCUT2D eigenvalue weighted by Gasteiger charge is 2.17. The summed E-state index contributed by atoms with van der Waals surface area (Å²) in [4.78, 5) is 56.1. The van der Waals surface area contributed by atoms with Gasteiger partial charge in [-0.25, -0.2) is 24.0 Å². The van der Waals surface area contributed by atoms with Crippen LogP contribution in [0.25, 0.3) is 11.1 Å². The minimum Gasteiger partial charge on any atom is -0.506 e. The SMILES string of the molecule is C=C(C)C(=O)OC(CNC(=O)NC)CNC(=O)NC.CCCCCCCC.CNC(=O)Nc1ccc(-c2ccc(NC(=O)NC)c(O)c2)cc1O. The van der Waals surface area contributed by atoms with Crippen LogP contribution in [0.3, 0.4) is 0 Å². The lowest BCUT2D eigenvalue weighted by Gasteiger charge is -2.19. The van der Waals surface area contributed by atoms with E-state index < -0.39 is 36.2 Å². The molecule has 16 heteroatoms. The van der Waals surface area contributed by atoms with Crippen molar-refractivity contribution in [2.45, 2.75) is 65.4 Å². The number of hydrogen-bond acceptors (Lipinski definition) is 8. The van der Waals surface area contributed by atoms with Crippen molar-refractivity contribution >= 4 is 41.5 Å². The second kappa shape index (κ2) is 26.2. The summed E-state index contributed by atoms with van der Waals surface area (Å²) < 4.78 is 5.08. The van der Waals surface area contributed by atoms with Crippen LogP contribution in [0.4, 0.5) is 30.6 Å². The summed E-state index contributed by atoms with van der Waals surface area (Å²) in [7, 11) is 5.87. The van der Waals surface area contributed by atoms with E-state index in [-0.39, 0.29) is 41.5 Å². The number of esters is 1. The molecule has 0 aliphatic rings. The molecule has 284 valence electrons. The number of urea groups is 4. The van der Waals surface area contributed by atoms with Crippen molar-refractivity contribution in [1.29, 1.82) is 0 Å². The maximum absolute atomic E-state index is 11.4. The van der Waals surface area contributed by atoms with Gasteiger partial charge in [-0.1, -0.05) is 71.1 Å². The zero-order chi connectivity index (χ0) is 38.8. The number of unbranched alkanes of at least 4 members (excludes halogenated alkanes) is 5. The number of anilines is 2. The normalized spacial score (nSPS) is 9.73. The Kier molecular flexibility index (Phi) is 23.3. The molecule has 0 aromatic heterocycles. The van der Waals surface area contributed by atoms with Crippen LogP contribution in [0, 0.1) is 0 Å². The Morgan fingerprint density at radius 3 is 1.31 bits per heavy atom. The van der Waals surface area contributed by atoms with E-state index >= 15 is 0 Å². The topological polar surface area (TPSA) is 231 Å². The number of rotatable bonds is 14. The average Bonchev–Trinajstić information content (AvgIpc) is 3.12. The average molecular weight is 717 g/mol. The Morgan fingerprint density at radius 2 is 1.02 bits per heavy atom. The Morgan fingerprint density at radius 1 is 0.647 bits per heavy atom. The van der Waals surface area contributed by atoms with Crippen molar-refractivity contribution in [2.75, 3.05) is 51.9 Å². The van der Waals surface area contributed by atoms with Gasteiger partial charge in [-0.15, -0.1) is 0 Å². The Balaban J connectivity index is 0.000000826. The minimum atomic E-state index is -0.682. The molecule has 0 radical (unpaired) electrons. The monoisotopic (exact) mass is 716 g/mol. The second-order valence-electron chi connectivity index (χ2n) is 11.0. The third-order valence-corrected chi connectivity index (χ3v) is 6.79. The minimum absolute atomic E-state index is 0.0721. The molecule has 0 heterocycles. The fraction of sp³-hybridized carbons (Fsp3) is 0.457. The molecule has 0 bridgehead atoms. The van der Waals surface area contributed by atoms with E-state index in [2.05, 4.69) is 63.0 Å². The van der Waals surface area contributed by atoms with E-state index in [0.29, 0.717) is 11.1 Å². The lowest BCUT2D eigenvalue weighted by Crippen LogP contribution is -2.46. The molecule has 10 N–H and O–H groups in total. The summed E-state index contributed by atoms with van der Waals surface area (Å²) in [5.41, 5.74) is 2.04. The van der Waals surface area contributed by atoms with Crippen LogP contribution in [0.5, 0.6) is 11.5 Å². The number of nitrogens with one attached hydrogen (secondary N) is 8. The van der Waals surface area contributed by atoms with Crippen molar-refractivity contribution in [2.24, 2.45) is 0 Å². The fourth-order valence-electron chi connectivity index (χ4n) is 3.85. The van der Waals surface area contributed by atoms with E-state index in [1.54, 1.807) is 24.3 Å². The highest BCUT2D eigenvalue weighted by Crippen LogP contribution is 2.34. The number of aromatic hydroxyl groups is 2. The van der Waals surface area contributed by atoms with Gasteiger partial charge in [0.15, 0.2) is 0 Å². The molecule has 8 amide bonds. The summed E-state index contributed by atoms with van der Waals surface area (Å²) in [6.07, 6.45) is 7.81. The molecule has 16 nitrogen and oxygen atoms in total. The van der Waals surface area contributed by atoms with Gasteiger partial charge in [-0.3, -0.25) is 0 Å². The third-order valence-electron chi connectivity index (χ3n) is 6.79. The Hall–Kier alpha value is -5.67. The number of carbonyl (C=O) groups excluding carboxylic acids is 5. The molecule has 0 atom stereocenters. The quantitative estimate of drug-likeness (QED) is 0.0554. The van der Waals surface area contributed by atoms with Gasteiger partial charge in [0.05, 0.1) is 24.5 Å². The number of hydrogen-bond donors (Lipinski definition) is 10. The Labute approximate surface area is 300 Å². The first-order chi connectivity index (χ1) is 24.3. The number of phenolic OH excluding ortho intramolecular Hbond substituents is 2. The van der Waals surface area contributed by atoms with Crippen LogP contribution in [0.15, 0.2) is 48.6 Å². The molecule has 51 heavy (non-hydrogen) atoms. The highest BCUT2D eigenvalue weighted by molar-refractivity contribution is 5.92. The van der Waals surface area contributed by atoms with Gasteiger partial charge in [-0.2, -0.15) is 0 Å². The third kappa shape index (κ3) is 19.8. The first-order valence-electron chi connectivity index (χ1n) is 16.7. The predicted octanol–water partition coefficient (Wildman–Crippen LogP) is 4.97. The zero-order valence-corrected chi connectivity index (χ0v) is 30.7. The van der Waals surface area contributed by atoms with Crippen molar-refractivity contribution in [3.8, 4) is 22.6 Å². The van der Waals surface area contributed by atoms with Crippen LogP contribution in [-0.2, 0) is 9.53 Å². The summed E-state index contributed by atoms with van der Waals surface area (Å²) >= 11 is 0. The van der Waals surface area contributed by atoms with Gasteiger partial charge < -0.3 is 57.5 Å². The van der Waals surface area contributed by atoms with E-state index in [0.717, 1.165) is 0 Å². The van der Waals surface area contributed by atoms with Gasteiger partial charge in [0.1, 0.15) is 17.6 Å². The van der Waals surface area contributed by atoms with Crippen molar-refractivity contribution in [1.82, 2.24) is 31.9 Å². The van der Waals surface area contributed by atoms with Gasteiger partial charge in [-0.05, 0) is 42.3 Å². The van der Waals surface area contributed by atoms with E-state index in [1.807, 2.05) is 0 Å². The summed E-state index contributed by atoms with van der Waals surface area (Å²) in [5, 5.41) is 39.5. The van der Waals surface area contributed by atoms with Crippen LogP contribution < -0.4 is 42.5 Å². The van der Waals surface area contributed by atoms with E-state index in [1.165, 1.54) is 85.8 Å². The van der Waals surface area contributed by atoms with Gasteiger partial charge in [0.25, 0.3) is 0 Å². The van der Waals surface area contributed by atoms with E-state index in [4.69, 9.17) is 4.74 Å². The summed E-state index contributed by atoms with van der Waals surface area (Å²) in [5.74, 6) is -0.797. The first kappa shape index (κ1) is 45.3. The molecule has 0 aliphatic carbocycles.